The average Bonchev–Trinajstić information content (AvgIpc) is 3.34. The van der Waals surface area contributed by atoms with Crippen LogP contribution in [0.2, 0.25) is 0 Å². The zero-order valence-electron chi connectivity index (χ0n) is 18.5. The Balaban J connectivity index is 1.46. The number of Topliss-reactive ketones (excluding diaryl/α,β-unsaturated/α-hetero) is 1. The monoisotopic (exact) mass is 425 g/mol. The number of hydrogen-bond donors (Lipinski definition) is 0. The van der Waals surface area contributed by atoms with E-state index in [1.54, 1.807) is 0 Å². The van der Waals surface area contributed by atoms with E-state index in [4.69, 9.17) is 4.74 Å². The van der Waals surface area contributed by atoms with Crippen molar-refractivity contribution in [2.75, 3.05) is 0 Å². The smallest absolute Gasteiger partial charge is 0.181 e. The van der Waals surface area contributed by atoms with Gasteiger partial charge in [-0.3, -0.25) is 9.69 Å². The van der Waals surface area contributed by atoms with Gasteiger partial charge in [-0.1, -0.05) is 104 Å². The molecule has 1 spiro atoms. The van der Waals surface area contributed by atoms with Crippen LogP contribution in [-0.2, 0) is 29.0 Å². The zero-order valence-corrected chi connectivity index (χ0v) is 18.5. The van der Waals surface area contributed by atoms with Crippen molar-refractivity contribution in [2.45, 2.75) is 62.9 Å². The Morgan fingerprint density at radius 3 is 1.75 bits per heavy atom. The molecule has 0 radical (unpaired) electrons. The molecule has 1 saturated heterocycles. The average molecular weight is 426 g/mol. The highest BCUT2D eigenvalue weighted by molar-refractivity contribution is 5.92. The fourth-order valence-corrected chi connectivity index (χ4v) is 5.21. The third kappa shape index (κ3) is 4.69. The molecule has 0 aromatic heterocycles. The van der Waals surface area contributed by atoms with Gasteiger partial charge in [0.25, 0.3) is 0 Å². The molecule has 2 aliphatic rings. The van der Waals surface area contributed by atoms with Gasteiger partial charge in [-0.05, 0) is 36.0 Å². The van der Waals surface area contributed by atoms with Crippen LogP contribution < -0.4 is 0 Å². The lowest BCUT2D eigenvalue weighted by Gasteiger charge is -2.31. The largest absolute Gasteiger partial charge is 0.358 e. The van der Waals surface area contributed by atoms with Crippen LogP contribution >= 0.6 is 0 Å². The van der Waals surface area contributed by atoms with E-state index in [0.717, 1.165) is 25.9 Å². The molecule has 164 valence electrons. The lowest BCUT2D eigenvalue weighted by atomic mass is 9.92. The predicted octanol–water partition coefficient (Wildman–Crippen LogP) is 5.58. The highest BCUT2D eigenvalue weighted by Crippen LogP contribution is 2.50. The molecule has 1 aliphatic heterocycles. The van der Waals surface area contributed by atoms with Crippen molar-refractivity contribution in [3.8, 4) is 0 Å². The fourth-order valence-electron chi connectivity index (χ4n) is 5.21. The third-order valence-corrected chi connectivity index (χ3v) is 6.98. The summed E-state index contributed by atoms with van der Waals surface area (Å²) in [6, 6.07) is 31.1. The van der Waals surface area contributed by atoms with Crippen LogP contribution in [0.4, 0.5) is 0 Å². The minimum atomic E-state index is -0.243. The van der Waals surface area contributed by atoms with Gasteiger partial charge in [0.1, 0.15) is 11.7 Å². The van der Waals surface area contributed by atoms with E-state index in [0.29, 0.717) is 6.42 Å². The molecule has 2 fully saturated rings. The molecule has 3 nitrogen and oxygen atoms in total. The van der Waals surface area contributed by atoms with Crippen molar-refractivity contribution in [3.05, 3.63) is 108 Å². The second-order valence-corrected chi connectivity index (χ2v) is 9.25. The first-order valence-corrected chi connectivity index (χ1v) is 11.8. The summed E-state index contributed by atoms with van der Waals surface area (Å²) < 4.78 is 6.12. The SMILES string of the molecule is O=C([C@H]1OC12CCCC2)[C@H](Cc1ccccc1)N(Cc1ccccc1)Cc1ccccc1. The molecule has 32 heavy (non-hydrogen) atoms. The number of hydrogen-bond acceptors (Lipinski definition) is 3. The van der Waals surface area contributed by atoms with Crippen molar-refractivity contribution in [2.24, 2.45) is 0 Å². The maximum atomic E-state index is 13.9. The van der Waals surface area contributed by atoms with Crippen molar-refractivity contribution in [1.82, 2.24) is 4.90 Å². The Hall–Kier alpha value is -2.75. The molecule has 1 heterocycles. The van der Waals surface area contributed by atoms with Crippen LogP contribution in [0.1, 0.15) is 42.4 Å². The van der Waals surface area contributed by atoms with Crippen molar-refractivity contribution >= 4 is 5.78 Å². The first kappa shape index (κ1) is 21.1. The number of carbonyl (C=O) groups excluding carboxylic acids is 1. The van der Waals surface area contributed by atoms with Gasteiger partial charge in [0, 0.05) is 13.1 Å². The Bertz CT molecular complexity index is 971. The zero-order chi connectivity index (χ0) is 21.8. The van der Waals surface area contributed by atoms with E-state index >= 15 is 0 Å². The third-order valence-electron chi connectivity index (χ3n) is 6.98. The molecule has 0 N–H and O–H groups in total. The highest BCUT2D eigenvalue weighted by atomic mass is 16.6. The number of benzene rings is 3. The molecule has 0 bridgehead atoms. The Morgan fingerprint density at radius 1 is 0.781 bits per heavy atom. The van der Waals surface area contributed by atoms with Crippen molar-refractivity contribution < 1.29 is 9.53 Å². The number of epoxide rings is 1. The Kier molecular flexibility index (Phi) is 6.20. The topological polar surface area (TPSA) is 32.8 Å². The fraction of sp³-hybridized carbons (Fsp3) is 0.345. The molecule has 1 aliphatic carbocycles. The van der Waals surface area contributed by atoms with Gasteiger partial charge in [0.05, 0.1) is 6.04 Å². The van der Waals surface area contributed by atoms with Crippen LogP contribution in [0, 0.1) is 0 Å². The number of carbonyl (C=O) groups is 1. The second kappa shape index (κ2) is 9.40. The molecule has 0 amide bonds. The van der Waals surface area contributed by atoms with Gasteiger partial charge in [0.2, 0.25) is 0 Å². The summed E-state index contributed by atoms with van der Waals surface area (Å²) in [5.74, 6) is 0.252. The van der Waals surface area contributed by atoms with E-state index in [1.165, 1.54) is 29.5 Å². The summed E-state index contributed by atoms with van der Waals surface area (Å²) in [5.41, 5.74) is 3.47. The minimum Gasteiger partial charge on any atom is -0.358 e. The van der Waals surface area contributed by atoms with E-state index < -0.39 is 0 Å². The van der Waals surface area contributed by atoms with Gasteiger partial charge in [-0.2, -0.15) is 0 Å². The first-order valence-electron chi connectivity index (χ1n) is 11.8. The summed E-state index contributed by atoms with van der Waals surface area (Å²) in [4.78, 5) is 16.3. The minimum absolute atomic E-state index is 0.169. The van der Waals surface area contributed by atoms with Gasteiger partial charge in [0.15, 0.2) is 5.78 Å². The van der Waals surface area contributed by atoms with Crippen molar-refractivity contribution in [3.63, 3.8) is 0 Å². The number of ether oxygens (including phenoxy) is 1. The number of ketones is 1. The molecule has 0 unspecified atom stereocenters. The van der Waals surface area contributed by atoms with E-state index in [9.17, 15) is 4.79 Å². The predicted molar refractivity (Wildman–Crippen MR) is 127 cm³/mol. The van der Waals surface area contributed by atoms with Crippen molar-refractivity contribution in [1.29, 1.82) is 0 Å². The van der Waals surface area contributed by atoms with E-state index in [2.05, 4.69) is 77.7 Å². The highest BCUT2D eigenvalue weighted by Gasteiger charge is 2.62. The first-order chi connectivity index (χ1) is 15.7. The Labute approximate surface area is 191 Å². The van der Waals surface area contributed by atoms with E-state index in [-0.39, 0.29) is 23.5 Å². The molecule has 3 heteroatoms. The molecular weight excluding hydrogens is 394 g/mol. The summed E-state index contributed by atoms with van der Waals surface area (Å²) in [6.45, 7) is 1.47. The van der Waals surface area contributed by atoms with Gasteiger partial charge < -0.3 is 4.74 Å². The summed E-state index contributed by atoms with van der Waals surface area (Å²) in [5, 5.41) is 0. The summed E-state index contributed by atoms with van der Waals surface area (Å²) >= 11 is 0. The standard InChI is InChI=1S/C29H31NO2/c31-27(28-29(32-28)18-10-11-19-29)26(20-23-12-4-1-5-13-23)30(21-24-14-6-2-7-15-24)22-25-16-8-3-9-17-25/h1-9,12-17,26,28H,10-11,18-22H2/t26-,28+/m0/s1. The van der Waals surface area contributed by atoms with Crippen LogP contribution in [0.5, 0.6) is 0 Å². The molecule has 2 atom stereocenters. The van der Waals surface area contributed by atoms with Crippen LogP contribution in [-0.4, -0.2) is 28.4 Å². The molecule has 1 saturated carbocycles. The summed E-state index contributed by atoms with van der Waals surface area (Å²) in [7, 11) is 0. The van der Waals surface area contributed by atoms with Crippen LogP contribution in [0.3, 0.4) is 0 Å². The molecule has 5 rings (SSSR count). The van der Waals surface area contributed by atoms with Gasteiger partial charge in [-0.15, -0.1) is 0 Å². The number of rotatable bonds is 9. The molecular formula is C29H31NO2. The molecule has 3 aromatic carbocycles. The van der Waals surface area contributed by atoms with Crippen LogP contribution in [0.25, 0.3) is 0 Å². The second-order valence-electron chi connectivity index (χ2n) is 9.25. The van der Waals surface area contributed by atoms with Crippen LogP contribution in [0.15, 0.2) is 91.0 Å². The Morgan fingerprint density at radius 2 is 1.25 bits per heavy atom. The lowest BCUT2D eigenvalue weighted by Crippen LogP contribution is -2.45. The van der Waals surface area contributed by atoms with Gasteiger partial charge in [-0.25, -0.2) is 0 Å². The van der Waals surface area contributed by atoms with Gasteiger partial charge >= 0.3 is 0 Å². The maximum Gasteiger partial charge on any atom is 0.181 e. The van der Waals surface area contributed by atoms with E-state index in [1.807, 2.05) is 18.2 Å². The number of nitrogens with zero attached hydrogens (tertiary/aromatic N) is 1. The maximum absolute atomic E-state index is 13.9. The molecule has 3 aromatic rings. The lowest BCUT2D eigenvalue weighted by molar-refractivity contribution is -0.126. The quantitative estimate of drug-likeness (QED) is 0.420. The normalized spacial score (nSPS) is 19.8. The summed E-state index contributed by atoms with van der Waals surface area (Å²) in [6.07, 6.45) is 4.86.